The Hall–Kier alpha value is -2.03. The molecule has 0 saturated carbocycles. The summed E-state index contributed by atoms with van der Waals surface area (Å²) in [7, 11) is 0. The summed E-state index contributed by atoms with van der Waals surface area (Å²) in [5.41, 5.74) is 1.58. The fourth-order valence-electron chi connectivity index (χ4n) is 5.23. The number of nitrogens with zero attached hydrogens (tertiary/aromatic N) is 6. The van der Waals surface area contributed by atoms with Crippen molar-refractivity contribution in [1.29, 1.82) is 0 Å². The first-order valence-electron chi connectivity index (χ1n) is 11.1. The highest BCUT2D eigenvalue weighted by molar-refractivity contribution is 7.18. The Balaban J connectivity index is 1.05. The topological polar surface area (TPSA) is 59.3 Å². The van der Waals surface area contributed by atoms with E-state index in [1.807, 2.05) is 4.68 Å². The maximum atomic E-state index is 5.85. The van der Waals surface area contributed by atoms with E-state index in [1.54, 1.807) is 17.7 Å². The summed E-state index contributed by atoms with van der Waals surface area (Å²) < 4.78 is 7.86. The van der Waals surface area contributed by atoms with Crippen LogP contribution in [-0.4, -0.2) is 57.4 Å². The maximum absolute atomic E-state index is 5.85. The fourth-order valence-corrected chi connectivity index (χ4v) is 6.16. The van der Waals surface area contributed by atoms with E-state index in [4.69, 9.17) is 9.84 Å². The Morgan fingerprint density at radius 3 is 2.90 bits per heavy atom. The van der Waals surface area contributed by atoms with Crippen molar-refractivity contribution in [3.8, 4) is 0 Å². The first-order valence-corrected chi connectivity index (χ1v) is 11.9. The van der Waals surface area contributed by atoms with Gasteiger partial charge in [0.15, 0.2) is 0 Å². The number of aromatic nitrogens is 4. The standard InChI is InChI=1S/C22H28N6OS/c1-2-17-9-18-20(23-15-24-21(18)30-17)27-13-22(14-27)11-26(12-22)10-16-6-7-28(25-16)19-5-3-4-8-29-19/h6-7,9,15,19H,2-5,8,10-14H2,1H3. The molecule has 3 aromatic heterocycles. The quantitative estimate of drug-likeness (QED) is 0.625. The minimum Gasteiger partial charge on any atom is -0.357 e. The summed E-state index contributed by atoms with van der Waals surface area (Å²) in [4.78, 5) is 16.5. The van der Waals surface area contributed by atoms with Gasteiger partial charge in [0.25, 0.3) is 0 Å². The van der Waals surface area contributed by atoms with Gasteiger partial charge >= 0.3 is 0 Å². The fraction of sp³-hybridized carbons (Fsp3) is 0.591. The van der Waals surface area contributed by atoms with Crippen LogP contribution in [-0.2, 0) is 17.7 Å². The smallest absolute Gasteiger partial charge is 0.150 e. The van der Waals surface area contributed by atoms with Crippen molar-refractivity contribution >= 4 is 27.4 Å². The first kappa shape index (κ1) is 18.7. The Morgan fingerprint density at radius 2 is 2.10 bits per heavy atom. The van der Waals surface area contributed by atoms with Crippen molar-refractivity contribution in [3.63, 3.8) is 0 Å². The maximum Gasteiger partial charge on any atom is 0.150 e. The van der Waals surface area contributed by atoms with Gasteiger partial charge in [0, 0.05) is 55.8 Å². The number of fused-ring (bicyclic) bond motifs is 1. The van der Waals surface area contributed by atoms with E-state index < -0.39 is 0 Å². The second kappa shape index (κ2) is 7.28. The summed E-state index contributed by atoms with van der Waals surface area (Å²) in [6.45, 7) is 8.47. The summed E-state index contributed by atoms with van der Waals surface area (Å²) in [5, 5.41) is 6.00. The predicted octanol–water partition coefficient (Wildman–Crippen LogP) is 3.47. The highest BCUT2D eigenvalue weighted by Gasteiger charge is 2.52. The van der Waals surface area contributed by atoms with E-state index in [0.29, 0.717) is 5.41 Å². The SMILES string of the molecule is CCc1cc2c(N3CC4(CN(Cc5ccn(C6CCCCO6)n5)C4)C3)ncnc2s1. The Labute approximate surface area is 180 Å². The zero-order chi connectivity index (χ0) is 20.1. The van der Waals surface area contributed by atoms with Crippen LogP contribution >= 0.6 is 11.3 Å². The molecule has 30 heavy (non-hydrogen) atoms. The molecule has 1 unspecified atom stereocenters. The number of ether oxygens (including phenoxy) is 1. The van der Waals surface area contributed by atoms with Crippen LogP contribution in [0.15, 0.2) is 24.7 Å². The number of anilines is 1. The molecule has 0 radical (unpaired) electrons. The Bertz CT molecular complexity index is 1040. The van der Waals surface area contributed by atoms with Crippen molar-refractivity contribution in [1.82, 2.24) is 24.6 Å². The molecule has 0 N–H and O–H groups in total. The van der Waals surface area contributed by atoms with Gasteiger partial charge in [-0.2, -0.15) is 5.10 Å². The van der Waals surface area contributed by atoms with E-state index in [2.05, 4.69) is 45.0 Å². The second-order valence-electron chi connectivity index (χ2n) is 9.09. The van der Waals surface area contributed by atoms with Crippen molar-refractivity contribution in [2.75, 3.05) is 37.7 Å². The minimum atomic E-state index is 0.130. The number of hydrogen-bond acceptors (Lipinski definition) is 7. The van der Waals surface area contributed by atoms with E-state index in [0.717, 1.165) is 68.5 Å². The van der Waals surface area contributed by atoms with E-state index in [-0.39, 0.29) is 6.23 Å². The highest BCUT2D eigenvalue weighted by Crippen LogP contribution is 2.44. The Kier molecular flexibility index (Phi) is 4.54. The lowest BCUT2D eigenvalue weighted by Crippen LogP contribution is -2.72. The third-order valence-electron chi connectivity index (χ3n) is 6.68. The summed E-state index contributed by atoms with van der Waals surface area (Å²) in [6.07, 6.45) is 8.46. The molecule has 1 atom stereocenters. The van der Waals surface area contributed by atoms with Crippen LogP contribution in [0.25, 0.3) is 10.2 Å². The summed E-state index contributed by atoms with van der Waals surface area (Å²) >= 11 is 1.79. The number of thiophene rings is 1. The molecule has 158 valence electrons. The highest BCUT2D eigenvalue weighted by atomic mass is 32.1. The van der Waals surface area contributed by atoms with Gasteiger partial charge in [0.05, 0.1) is 11.1 Å². The molecular weight excluding hydrogens is 396 g/mol. The molecule has 0 aromatic carbocycles. The van der Waals surface area contributed by atoms with Gasteiger partial charge in [-0.25, -0.2) is 14.6 Å². The summed E-state index contributed by atoms with van der Waals surface area (Å²) in [6, 6.07) is 4.43. The zero-order valence-corrected chi connectivity index (χ0v) is 18.3. The zero-order valence-electron chi connectivity index (χ0n) is 17.5. The third kappa shape index (κ3) is 3.21. The van der Waals surface area contributed by atoms with E-state index >= 15 is 0 Å². The van der Waals surface area contributed by atoms with Crippen molar-refractivity contribution in [2.24, 2.45) is 5.41 Å². The molecule has 3 aliphatic rings. The van der Waals surface area contributed by atoms with Crippen molar-refractivity contribution in [2.45, 2.75) is 45.4 Å². The molecule has 3 aliphatic heterocycles. The molecule has 7 nitrogen and oxygen atoms in total. The molecule has 0 bridgehead atoms. The molecule has 6 rings (SSSR count). The van der Waals surface area contributed by atoms with Gasteiger partial charge in [0.1, 0.15) is 23.2 Å². The number of hydrogen-bond donors (Lipinski definition) is 0. The molecule has 0 amide bonds. The minimum absolute atomic E-state index is 0.130. The number of aryl methyl sites for hydroxylation is 1. The lowest BCUT2D eigenvalue weighted by Gasteiger charge is -2.60. The van der Waals surface area contributed by atoms with Crippen LogP contribution in [0.4, 0.5) is 5.82 Å². The van der Waals surface area contributed by atoms with Gasteiger partial charge in [-0.3, -0.25) is 4.90 Å². The largest absolute Gasteiger partial charge is 0.357 e. The second-order valence-corrected chi connectivity index (χ2v) is 10.2. The molecule has 1 spiro atoms. The first-order chi connectivity index (χ1) is 14.7. The molecular formula is C22H28N6OS. The van der Waals surface area contributed by atoms with Crippen LogP contribution < -0.4 is 4.90 Å². The predicted molar refractivity (Wildman–Crippen MR) is 118 cm³/mol. The molecule has 6 heterocycles. The number of likely N-dealkylation sites (tertiary alicyclic amines) is 1. The molecule has 3 saturated heterocycles. The van der Waals surface area contributed by atoms with Crippen LogP contribution in [0, 0.1) is 5.41 Å². The van der Waals surface area contributed by atoms with Gasteiger partial charge in [-0.05, 0) is 37.8 Å². The van der Waals surface area contributed by atoms with Crippen molar-refractivity contribution in [3.05, 3.63) is 35.2 Å². The van der Waals surface area contributed by atoms with Crippen LogP contribution in [0.3, 0.4) is 0 Å². The number of rotatable bonds is 5. The monoisotopic (exact) mass is 424 g/mol. The molecule has 8 heteroatoms. The molecule has 3 fully saturated rings. The molecule has 3 aromatic rings. The average molecular weight is 425 g/mol. The van der Waals surface area contributed by atoms with E-state index in [1.165, 1.54) is 23.1 Å². The summed E-state index contributed by atoms with van der Waals surface area (Å²) in [5.74, 6) is 1.12. The molecule has 0 aliphatic carbocycles. The van der Waals surface area contributed by atoms with E-state index in [9.17, 15) is 0 Å². The average Bonchev–Trinajstić information content (AvgIpc) is 3.36. The van der Waals surface area contributed by atoms with Gasteiger partial charge in [-0.1, -0.05) is 6.92 Å². The van der Waals surface area contributed by atoms with Gasteiger partial charge in [-0.15, -0.1) is 11.3 Å². The van der Waals surface area contributed by atoms with Crippen LogP contribution in [0.5, 0.6) is 0 Å². The third-order valence-corrected chi connectivity index (χ3v) is 7.87. The normalized spacial score (nSPS) is 23.6. The van der Waals surface area contributed by atoms with Gasteiger partial charge < -0.3 is 9.64 Å². The lowest BCUT2D eigenvalue weighted by atomic mass is 9.72. The van der Waals surface area contributed by atoms with Crippen molar-refractivity contribution < 1.29 is 4.74 Å². The van der Waals surface area contributed by atoms with Crippen LogP contribution in [0.1, 0.15) is 43.0 Å². The van der Waals surface area contributed by atoms with Crippen LogP contribution in [0.2, 0.25) is 0 Å². The Morgan fingerprint density at radius 1 is 1.20 bits per heavy atom. The van der Waals surface area contributed by atoms with Gasteiger partial charge in [0.2, 0.25) is 0 Å². The lowest BCUT2D eigenvalue weighted by molar-refractivity contribution is -0.0416.